The SMILES string of the molecule is O=C(CNC1CC1)Nc1ccccn1. The molecule has 1 saturated carbocycles. The molecule has 2 rings (SSSR count). The second-order valence-corrected chi connectivity index (χ2v) is 3.42. The molecule has 0 atom stereocenters. The highest BCUT2D eigenvalue weighted by Gasteiger charge is 2.21. The van der Waals surface area contributed by atoms with Gasteiger partial charge in [-0.15, -0.1) is 0 Å². The first-order valence-corrected chi connectivity index (χ1v) is 4.79. The number of rotatable bonds is 4. The first-order chi connectivity index (χ1) is 6.84. The van der Waals surface area contributed by atoms with Gasteiger partial charge >= 0.3 is 0 Å². The van der Waals surface area contributed by atoms with Gasteiger partial charge in [0.1, 0.15) is 5.82 Å². The number of nitrogens with one attached hydrogen (secondary N) is 2. The first kappa shape index (κ1) is 9.15. The Bertz CT molecular complexity index is 308. The van der Waals surface area contributed by atoms with Gasteiger partial charge in [0.05, 0.1) is 6.54 Å². The van der Waals surface area contributed by atoms with Crippen molar-refractivity contribution in [1.29, 1.82) is 0 Å². The number of amides is 1. The highest BCUT2D eigenvalue weighted by atomic mass is 16.1. The molecule has 2 N–H and O–H groups in total. The molecular formula is C10H13N3O. The van der Waals surface area contributed by atoms with E-state index in [9.17, 15) is 4.79 Å². The number of anilines is 1. The average molecular weight is 191 g/mol. The van der Waals surface area contributed by atoms with Gasteiger partial charge in [-0.2, -0.15) is 0 Å². The molecule has 1 aliphatic rings. The molecule has 0 spiro atoms. The van der Waals surface area contributed by atoms with Crippen molar-refractivity contribution in [3.8, 4) is 0 Å². The van der Waals surface area contributed by atoms with Crippen molar-refractivity contribution >= 4 is 11.7 Å². The lowest BCUT2D eigenvalue weighted by molar-refractivity contribution is -0.115. The fourth-order valence-corrected chi connectivity index (χ4v) is 1.15. The molecule has 0 unspecified atom stereocenters. The van der Waals surface area contributed by atoms with Crippen LogP contribution in [0.1, 0.15) is 12.8 Å². The van der Waals surface area contributed by atoms with Crippen LogP contribution in [0.25, 0.3) is 0 Å². The summed E-state index contributed by atoms with van der Waals surface area (Å²) in [4.78, 5) is 15.3. The van der Waals surface area contributed by atoms with Gasteiger partial charge in [0.15, 0.2) is 0 Å². The molecule has 1 fully saturated rings. The van der Waals surface area contributed by atoms with Crippen LogP contribution in [0.5, 0.6) is 0 Å². The summed E-state index contributed by atoms with van der Waals surface area (Å²) in [6.07, 6.45) is 4.04. The van der Waals surface area contributed by atoms with Crippen molar-refractivity contribution < 1.29 is 4.79 Å². The van der Waals surface area contributed by atoms with E-state index in [0.29, 0.717) is 18.4 Å². The van der Waals surface area contributed by atoms with Gasteiger partial charge in [-0.05, 0) is 25.0 Å². The van der Waals surface area contributed by atoms with E-state index < -0.39 is 0 Å². The second kappa shape index (κ2) is 4.19. The number of hydrogen-bond donors (Lipinski definition) is 2. The Balaban J connectivity index is 1.76. The summed E-state index contributed by atoms with van der Waals surface area (Å²) in [6, 6.07) is 5.99. The highest BCUT2D eigenvalue weighted by molar-refractivity contribution is 5.91. The monoisotopic (exact) mass is 191 g/mol. The lowest BCUT2D eigenvalue weighted by Gasteiger charge is -2.04. The minimum atomic E-state index is -0.0319. The maximum Gasteiger partial charge on any atom is 0.239 e. The summed E-state index contributed by atoms with van der Waals surface area (Å²) in [5.41, 5.74) is 0. The molecule has 0 aliphatic heterocycles. The summed E-state index contributed by atoms with van der Waals surface area (Å²) in [6.45, 7) is 0.376. The largest absolute Gasteiger partial charge is 0.310 e. The van der Waals surface area contributed by atoms with Crippen molar-refractivity contribution in [3.63, 3.8) is 0 Å². The summed E-state index contributed by atoms with van der Waals surface area (Å²) in [5.74, 6) is 0.575. The van der Waals surface area contributed by atoms with Crippen LogP contribution < -0.4 is 10.6 Å². The van der Waals surface area contributed by atoms with Crippen molar-refractivity contribution in [3.05, 3.63) is 24.4 Å². The number of pyridine rings is 1. The standard InChI is InChI=1S/C10H13N3O/c14-10(7-12-8-4-5-8)13-9-3-1-2-6-11-9/h1-3,6,8,12H,4-5,7H2,(H,11,13,14). The van der Waals surface area contributed by atoms with Crippen LogP contribution in [0.2, 0.25) is 0 Å². The molecule has 0 bridgehead atoms. The zero-order valence-corrected chi connectivity index (χ0v) is 7.86. The van der Waals surface area contributed by atoms with E-state index in [4.69, 9.17) is 0 Å². The van der Waals surface area contributed by atoms with Crippen LogP contribution in [0.3, 0.4) is 0 Å². The predicted molar refractivity (Wildman–Crippen MR) is 53.9 cm³/mol. The zero-order valence-electron chi connectivity index (χ0n) is 7.86. The maximum absolute atomic E-state index is 11.3. The Morgan fingerprint density at radius 2 is 2.36 bits per heavy atom. The number of carbonyl (C=O) groups excluding carboxylic acids is 1. The molecule has 4 heteroatoms. The number of nitrogens with zero attached hydrogens (tertiary/aromatic N) is 1. The van der Waals surface area contributed by atoms with Crippen molar-refractivity contribution in [2.75, 3.05) is 11.9 Å². The van der Waals surface area contributed by atoms with Crippen molar-refractivity contribution in [2.45, 2.75) is 18.9 Å². The number of carbonyl (C=O) groups is 1. The van der Waals surface area contributed by atoms with Gasteiger partial charge in [0.2, 0.25) is 5.91 Å². The maximum atomic E-state index is 11.3. The van der Waals surface area contributed by atoms with E-state index in [0.717, 1.165) is 0 Å². The van der Waals surface area contributed by atoms with Crippen LogP contribution in [-0.4, -0.2) is 23.5 Å². The van der Waals surface area contributed by atoms with E-state index in [1.54, 1.807) is 12.3 Å². The van der Waals surface area contributed by atoms with Gasteiger partial charge in [0, 0.05) is 12.2 Å². The molecule has 74 valence electrons. The fraction of sp³-hybridized carbons (Fsp3) is 0.400. The van der Waals surface area contributed by atoms with Crippen LogP contribution >= 0.6 is 0 Å². The molecule has 1 heterocycles. The molecule has 1 amide bonds. The molecule has 1 aromatic heterocycles. The Morgan fingerprint density at radius 1 is 1.50 bits per heavy atom. The van der Waals surface area contributed by atoms with Crippen LogP contribution in [-0.2, 0) is 4.79 Å². The fourth-order valence-electron chi connectivity index (χ4n) is 1.15. The highest BCUT2D eigenvalue weighted by Crippen LogP contribution is 2.17. The average Bonchev–Trinajstić information content (AvgIpc) is 3.00. The summed E-state index contributed by atoms with van der Waals surface area (Å²) >= 11 is 0. The third kappa shape index (κ3) is 2.81. The van der Waals surface area contributed by atoms with E-state index in [1.807, 2.05) is 12.1 Å². The van der Waals surface area contributed by atoms with Crippen molar-refractivity contribution in [1.82, 2.24) is 10.3 Å². The minimum absolute atomic E-state index is 0.0319. The molecule has 0 radical (unpaired) electrons. The van der Waals surface area contributed by atoms with E-state index in [-0.39, 0.29) is 5.91 Å². The summed E-state index contributed by atoms with van der Waals surface area (Å²) in [7, 11) is 0. The smallest absolute Gasteiger partial charge is 0.239 e. The quantitative estimate of drug-likeness (QED) is 0.739. The summed E-state index contributed by atoms with van der Waals surface area (Å²) in [5, 5.41) is 5.85. The first-order valence-electron chi connectivity index (χ1n) is 4.79. The Labute approximate surface area is 82.7 Å². The molecule has 1 aliphatic carbocycles. The predicted octanol–water partition coefficient (Wildman–Crippen LogP) is 0.772. The van der Waals surface area contributed by atoms with E-state index in [1.165, 1.54) is 12.8 Å². The number of hydrogen-bond acceptors (Lipinski definition) is 3. The third-order valence-corrected chi connectivity index (χ3v) is 2.06. The van der Waals surface area contributed by atoms with Crippen LogP contribution in [0.4, 0.5) is 5.82 Å². The Morgan fingerprint density at radius 3 is 3.00 bits per heavy atom. The van der Waals surface area contributed by atoms with Crippen LogP contribution in [0, 0.1) is 0 Å². The normalized spacial score (nSPS) is 15.1. The lowest BCUT2D eigenvalue weighted by Crippen LogP contribution is -2.29. The van der Waals surface area contributed by atoms with Gasteiger partial charge in [-0.25, -0.2) is 4.98 Å². The van der Waals surface area contributed by atoms with E-state index in [2.05, 4.69) is 15.6 Å². The molecule has 14 heavy (non-hydrogen) atoms. The van der Waals surface area contributed by atoms with Gasteiger partial charge in [-0.1, -0.05) is 6.07 Å². The lowest BCUT2D eigenvalue weighted by atomic mass is 10.4. The zero-order chi connectivity index (χ0) is 9.80. The van der Waals surface area contributed by atoms with E-state index >= 15 is 0 Å². The number of aromatic nitrogens is 1. The minimum Gasteiger partial charge on any atom is -0.310 e. The topological polar surface area (TPSA) is 54.0 Å². The molecule has 1 aromatic rings. The Hall–Kier alpha value is -1.42. The van der Waals surface area contributed by atoms with Crippen LogP contribution in [0.15, 0.2) is 24.4 Å². The molecule has 0 aromatic carbocycles. The van der Waals surface area contributed by atoms with Crippen molar-refractivity contribution in [2.24, 2.45) is 0 Å². The van der Waals surface area contributed by atoms with Gasteiger partial charge in [-0.3, -0.25) is 4.79 Å². The summed E-state index contributed by atoms with van der Waals surface area (Å²) < 4.78 is 0. The molecular weight excluding hydrogens is 178 g/mol. The third-order valence-electron chi connectivity index (χ3n) is 2.06. The Kier molecular flexibility index (Phi) is 2.74. The molecule has 4 nitrogen and oxygen atoms in total. The van der Waals surface area contributed by atoms with Gasteiger partial charge < -0.3 is 10.6 Å². The molecule has 0 saturated heterocycles. The second-order valence-electron chi connectivity index (χ2n) is 3.42. The van der Waals surface area contributed by atoms with Gasteiger partial charge in [0.25, 0.3) is 0 Å².